The molecule has 0 saturated carbocycles. The zero-order valence-corrected chi connectivity index (χ0v) is 10.1. The fraction of sp³-hybridized carbons (Fsp3) is 0.538. The van der Waals surface area contributed by atoms with E-state index >= 15 is 0 Å². The van der Waals surface area contributed by atoms with Gasteiger partial charge in [-0.1, -0.05) is 6.07 Å². The van der Waals surface area contributed by atoms with E-state index in [0.29, 0.717) is 13.2 Å². The first kappa shape index (κ1) is 12.2. The molecule has 1 saturated heterocycles. The molecule has 0 amide bonds. The van der Waals surface area contributed by atoms with Crippen LogP contribution in [0.5, 0.6) is 11.5 Å². The minimum Gasteiger partial charge on any atom is -0.493 e. The van der Waals surface area contributed by atoms with Crippen LogP contribution in [0.4, 0.5) is 0 Å². The van der Waals surface area contributed by atoms with Gasteiger partial charge in [-0.3, -0.25) is 0 Å². The van der Waals surface area contributed by atoms with Crippen molar-refractivity contribution >= 4 is 0 Å². The third kappa shape index (κ3) is 3.11. The minimum atomic E-state index is 0.217. The summed E-state index contributed by atoms with van der Waals surface area (Å²) in [5.41, 5.74) is 6.61. The molecule has 4 heteroatoms. The van der Waals surface area contributed by atoms with E-state index in [1.807, 2.05) is 18.2 Å². The van der Waals surface area contributed by atoms with Gasteiger partial charge in [-0.15, -0.1) is 0 Å². The number of hydrogen-bond acceptors (Lipinski definition) is 4. The van der Waals surface area contributed by atoms with Crippen LogP contribution in [0.25, 0.3) is 0 Å². The molecule has 0 unspecified atom stereocenters. The van der Waals surface area contributed by atoms with Gasteiger partial charge in [0.05, 0.1) is 13.2 Å². The average Bonchev–Trinajstić information content (AvgIpc) is 2.89. The van der Waals surface area contributed by atoms with Gasteiger partial charge >= 0.3 is 0 Å². The molecule has 1 atom stereocenters. The van der Waals surface area contributed by atoms with Crippen LogP contribution in [0, 0.1) is 0 Å². The molecular formula is C13H19NO3. The van der Waals surface area contributed by atoms with E-state index in [4.69, 9.17) is 19.9 Å². The summed E-state index contributed by atoms with van der Waals surface area (Å²) in [6.07, 6.45) is 2.41. The van der Waals surface area contributed by atoms with Gasteiger partial charge in [0.25, 0.3) is 0 Å². The highest BCUT2D eigenvalue weighted by Crippen LogP contribution is 2.28. The highest BCUT2D eigenvalue weighted by molar-refractivity contribution is 5.42. The van der Waals surface area contributed by atoms with Crippen molar-refractivity contribution < 1.29 is 14.2 Å². The summed E-state index contributed by atoms with van der Waals surface area (Å²) >= 11 is 0. The minimum absolute atomic E-state index is 0.217. The lowest BCUT2D eigenvalue weighted by molar-refractivity contribution is 0.0669. The molecule has 0 aliphatic carbocycles. The molecule has 2 rings (SSSR count). The van der Waals surface area contributed by atoms with Crippen LogP contribution in [-0.4, -0.2) is 26.4 Å². The molecular weight excluding hydrogens is 218 g/mol. The lowest BCUT2D eigenvalue weighted by Crippen LogP contribution is -2.16. The molecule has 1 aliphatic heterocycles. The molecule has 1 aromatic rings. The van der Waals surface area contributed by atoms with Crippen molar-refractivity contribution in [3.63, 3.8) is 0 Å². The maximum Gasteiger partial charge on any atom is 0.161 e. The second-order valence-corrected chi connectivity index (χ2v) is 4.14. The van der Waals surface area contributed by atoms with E-state index in [1.54, 1.807) is 7.11 Å². The SMILES string of the molecule is COc1cc(CN)ccc1OC[C@H]1CCCO1. The topological polar surface area (TPSA) is 53.7 Å². The van der Waals surface area contributed by atoms with Gasteiger partial charge in [-0.2, -0.15) is 0 Å². The maximum atomic E-state index is 5.72. The van der Waals surface area contributed by atoms with Gasteiger partial charge < -0.3 is 19.9 Å². The van der Waals surface area contributed by atoms with Crippen molar-refractivity contribution in [1.29, 1.82) is 0 Å². The van der Waals surface area contributed by atoms with Gasteiger partial charge in [0.15, 0.2) is 11.5 Å². The molecule has 0 radical (unpaired) electrons. The molecule has 1 fully saturated rings. The summed E-state index contributed by atoms with van der Waals surface area (Å²) in [7, 11) is 1.63. The van der Waals surface area contributed by atoms with Gasteiger partial charge in [-0.25, -0.2) is 0 Å². The number of hydrogen-bond donors (Lipinski definition) is 1. The molecule has 17 heavy (non-hydrogen) atoms. The van der Waals surface area contributed by atoms with E-state index in [1.165, 1.54) is 0 Å². The lowest BCUT2D eigenvalue weighted by atomic mass is 10.2. The molecule has 0 bridgehead atoms. The average molecular weight is 237 g/mol. The largest absolute Gasteiger partial charge is 0.493 e. The number of benzene rings is 1. The van der Waals surface area contributed by atoms with Gasteiger partial charge in [0.1, 0.15) is 6.61 Å². The Kier molecular flexibility index (Phi) is 4.23. The van der Waals surface area contributed by atoms with Crippen molar-refractivity contribution in [2.45, 2.75) is 25.5 Å². The zero-order chi connectivity index (χ0) is 12.1. The third-order valence-electron chi connectivity index (χ3n) is 2.91. The normalized spacial score (nSPS) is 19.3. The smallest absolute Gasteiger partial charge is 0.161 e. The van der Waals surface area contributed by atoms with E-state index in [9.17, 15) is 0 Å². The van der Waals surface area contributed by atoms with Crippen LogP contribution < -0.4 is 15.2 Å². The van der Waals surface area contributed by atoms with E-state index in [-0.39, 0.29) is 6.10 Å². The first-order chi connectivity index (χ1) is 8.33. The van der Waals surface area contributed by atoms with Crippen LogP contribution in [0.2, 0.25) is 0 Å². The number of rotatable bonds is 5. The van der Waals surface area contributed by atoms with Crippen LogP contribution >= 0.6 is 0 Å². The Morgan fingerprint density at radius 2 is 2.29 bits per heavy atom. The number of methoxy groups -OCH3 is 1. The van der Waals surface area contributed by atoms with Gasteiger partial charge in [0.2, 0.25) is 0 Å². The molecule has 1 aromatic carbocycles. The summed E-state index contributed by atoms with van der Waals surface area (Å²) in [5, 5.41) is 0. The summed E-state index contributed by atoms with van der Waals surface area (Å²) in [4.78, 5) is 0. The fourth-order valence-corrected chi connectivity index (χ4v) is 1.92. The first-order valence-corrected chi connectivity index (χ1v) is 5.95. The van der Waals surface area contributed by atoms with Crippen molar-refractivity contribution in [1.82, 2.24) is 0 Å². The molecule has 2 N–H and O–H groups in total. The van der Waals surface area contributed by atoms with Gasteiger partial charge in [-0.05, 0) is 30.5 Å². The Morgan fingerprint density at radius 3 is 2.94 bits per heavy atom. The lowest BCUT2D eigenvalue weighted by Gasteiger charge is -2.14. The molecule has 4 nitrogen and oxygen atoms in total. The second-order valence-electron chi connectivity index (χ2n) is 4.14. The zero-order valence-electron chi connectivity index (χ0n) is 10.1. The Balaban J connectivity index is 1.98. The highest BCUT2D eigenvalue weighted by Gasteiger charge is 2.17. The predicted molar refractivity (Wildman–Crippen MR) is 65.4 cm³/mol. The summed E-state index contributed by atoms with van der Waals surface area (Å²) in [6.45, 7) is 1.93. The summed E-state index contributed by atoms with van der Waals surface area (Å²) in [6, 6.07) is 5.76. The van der Waals surface area contributed by atoms with Crippen molar-refractivity contribution in [2.24, 2.45) is 5.73 Å². The Hall–Kier alpha value is -1.26. The third-order valence-corrected chi connectivity index (χ3v) is 2.91. The first-order valence-electron chi connectivity index (χ1n) is 5.95. The quantitative estimate of drug-likeness (QED) is 0.847. The monoisotopic (exact) mass is 237 g/mol. The van der Waals surface area contributed by atoms with Gasteiger partial charge in [0, 0.05) is 13.2 Å². The Morgan fingerprint density at radius 1 is 1.41 bits per heavy atom. The summed E-state index contributed by atoms with van der Waals surface area (Å²) < 4.78 is 16.5. The Labute approximate surface area is 102 Å². The van der Waals surface area contributed by atoms with Crippen LogP contribution in [0.3, 0.4) is 0 Å². The predicted octanol–water partition coefficient (Wildman–Crippen LogP) is 1.71. The van der Waals surface area contributed by atoms with Crippen molar-refractivity contribution in [3.8, 4) is 11.5 Å². The molecule has 94 valence electrons. The second kappa shape index (κ2) is 5.89. The molecule has 1 aliphatic rings. The van der Waals surface area contributed by atoms with Crippen LogP contribution in [-0.2, 0) is 11.3 Å². The van der Waals surface area contributed by atoms with Crippen molar-refractivity contribution in [2.75, 3.05) is 20.3 Å². The number of ether oxygens (including phenoxy) is 3. The van der Waals surface area contributed by atoms with E-state index in [2.05, 4.69) is 0 Å². The Bertz CT molecular complexity index is 362. The van der Waals surface area contributed by atoms with Crippen LogP contribution in [0.15, 0.2) is 18.2 Å². The summed E-state index contributed by atoms with van der Waals surface area (Å²) in [5.74, 6) is 1.48. The number of nitrogens with two attached hydrogens (primary N) is 1. The fourth-order valence-electron chi connectivity index (χ4n) is 1.92. The highest BCUT2D eigenvalue weighted by atomic mass is 16.5. The van der Waals surface area contributed by atoms with E-state index < -0.39 is 0 Å². The standard InChI is InChI=1S/C13H19NO3/c1-15-13-7-10(8-14)4-5-12(13)17-9-11-3-2-6-16-11/h4-5,7,11H,2-3,6,8-9,14H2,1H3/t11-/m1/s1. The maximum absolute atomic E-state index is 5.72. The van der Waals surface area contributed by atoms with Crippen molar-refractivity contribution in [3.05, 3.63) is 23.8 Å². The molecule has 0 spiro atoms. The van der Waals surface area contributed by atoms with E-state index in [0.717, 1.165) is 36.5 Å². The molecule has 0 aromatic heterocycles. The molecule has 1 heterocycles. The van der Waals surface area contributed by atoms with Crippen LogP contribution in [0.1, 0.15) is 18.4 Å².